The molecule has 0 spiro atoms. The number of fused-ring (bicyclic) bond motifs is 4. The van der Waals surface area contributed by atoms with Gasteiger partial charge >= 0.3 is 5.97 Å². The number of carboxylic acids is 1. The smallest absolute Gasteiger partial charge is 0.305 e. The number of carboxylic acid groups (broad SMARTS) is 1. The maximum atomic E-state index is 13.9. The van der Waals surface area contributed by atoms with E-state index < -0.39 is 23.7 Å². The molecule has 0 fully saturated rings. The normalized spacial score (nSPS) is 11.7. The Morgan fingerprint density at radius 3 is 2.06 bits per heavy atom. The number of benzene rings is 2. The number of ether oxygens (including phenoxy) is 5. The first-order valence-electron chi connectivity index (χ1n) is 22.5. The van der Waals surface area contributed by atoms with Gasteiger partial charge in [-0.2, -0.15) is 10.2 Å². The number of nitrogens with two attached hydrogens (primary N) is 2. The number of aromatic nitrogens is 9. The Hall–Kier alpha value is -7.69. The highest BCUT2D eigenvalue weighted by Gasteiger charge is 2.24. The van der Waals surface area contributed by atoms with Crippen molar-refractivity contribution in [3.8, 4) is 23.0 Å². The quantitative estimate of drug-likeness (QED) is 0.0424. The topological polar surface area (TPSA) is 283 Å². The Bertz CT molecular complexity index is 3040. The molecule has 5 aromatic heterocycles. The van der Waals surface area contributed by atoms with E-state index in [1.807, 2.05) is 48.2 Å². The van der Waals surface area contributed by atoms with Gasteiger partial charge in [0, 0.05) is 74.4 Å². The van der Waals surface area contributed by atoms with Gasteiger partial charge in [0.15, 0.2) is 5.82 Å². The van der Waals surface area contributed by atoms with E-state index >= 15 is 0 Å². The van der Waals surface area contributed by atoms with Crippen LogP contribution >= 0.6 is 0 Å². The minimum absolute atomic E-state index is 0.0493. The molecule has 0 aliphatic rings. The zero-order valence-electron chi connectivity index (χ0n) is 39.2. The lowest BCUT2D eigenvalue weighted by Gasteiger charge is -2.13. The molecule has 0 saturated carbocycles. The zero-order valence-corrected chi connectivity index (χ0v) is 39.2. The number of hydrogen-bond donors (Lipinski definition) is 4. The lowest BCUT2D eigenvalue weighted by atomic mass is 10.1. The fourth-order valence-corrected chi connectivity index (χ4v) is 7.81. The first-order chi connectivity index (χ1) is 33.3. The van der Waals surface area contributed by atoms with Gasteiger partial charge in [0.25, 0.3) is 5.91 Å². The molecule has 0 saturated heterocycles. The van der Waals surface area contributed by atoms with Crippen LogP contribution in [0.4, 0.5) is 5.95 Å². The molecule has 0 aliphatic heterocycles. The van der Waals surface area contributed by atoms with E-state index in [1.54, 1.807) is 47.7 Å². The molecule has 22 heteroatoms. The van der Waals surface area contributed by atoms with Gasteiger partial charge in [-0.3, -0.25) is 33.9 Å². The van der Waals surface area contributed by atoms with Gasteiger partial charge in [0.05, 0.1) is 61.9 Å². The van der Waals surface area contributed by atoms with Crippen LogP contribution in [0.2, 0.25) is 0 Å². The number of carbonyl (C=O) groups excluding carboxylic acids is 3. The van der Waals surface area contributed by atoms with Crippen LogP contribution in [0.3, 0.4) is 0 Å². The lowest BCUT2D eigenvalue weighted by molar-refractivity contribution is -0.138. The number of amides is 3. The van der Waals surface area contributed by atoms with Gasteiger partial charge < -0.3 is 49.4 Å². The summed E-state index contributed by atoms with van der Waals surface area (Å²) in [4.78, 5) is 64.6. The maximum Gasteiger partial charge on any atom is 0.305 e. The van der Waals surface area contributed by atoms with Gasteiger partial charge in [-0.15, -0.1) is 0 Å². The largest absolute Gasteiger partial charge is 0.491 e. The Balaban J connectivity index is 1.28. The molecule has 7 rings (SSSR count). The second-order valence-electron chi connectivity index (χ2n) is 15.8. The van der Waals surface area contributed by atoms with Gasteiger partial charge in [-0.05, 0) is 64.1 Å². The molecule has 6 N–H and O–H groups in total. The number of carbonyl (C=O) groups is 4. The number of anilines is 1. The molecule has 0 radical (unpaired) electrons. The Kier molecular flexibility index (Phi) is 16.0. The number of aliphatic carboxylic acids is 1. The molecule has 7 aromatic rings. The van der Waals surface area contributed by atoms with Crippen molar-refractivity contribution >= 4 is 62.6 Å². The summed E-state index contributed by atoms with van der Waals surface area (Å²) < 4.78 is 35.9. The third-order valence-electron chi connectivity index (χ3n) is 10.9. The van der Waals surface area contributed by atoms with E-state index in [4.69, 9.17) is 55.2 Å². The summed E-state index contributed by atoms with van der Waals surface area (Å²) in [5.41, 5.74) is 16.6. The van der Waals surface area contributed by atoms with Gasteiger partial charge in [0.2, 0.25) is 17.8 Å². The molecule has 22 nitrogen and oxygen atoms in total. The summed E-state index contributed by atoms with van der Waals surface area (Å²) in [6, 6.07) is 9.99. The summed E-state index contributed by atoms with van der Waals surface area (Å²) in [7, 11) is 1.61. The molecule has 0 unspecified atom stereocenters. The van der Waals surface area contributed by atoms with Crippen LogP contribution in [0.5, 0.6) is 11.5 Å². The fourth-order valence-electron chi connectivity index (χ4n) is 7.81. The third-order valence-corrected chi connectivity index (χ3v) is 10.9. The van der Waals surface area contributed by atoms with Crippen molar-refractivity contribution < 1.29 is 48.0 Å². The molecular weight excluding hydrogens is 893 g/mol. The van der Waals surface area contributed by atoms with Crippen LogP contribution < -0.4 is 26.3 Å². The molecule has 0 bridgehead atoms. The number of nitrogens with one attached hydrogen (secondary N) is 1. The van der Waals surface area contributed by atoms with E-state index in [1.165, 1.54) is 12.1 Å². The molecule has 364 valence electrons. The third kappa shape index (κ3) is 11.4. The summed E-state index contributed by atoms with van der Waals surface area (Å²) in [6.45, 7) is 10.4. The second kappa shape index (κ2) is 22.4. The predicted molar refractivity (Wildman–Crippen MR) is 255 cm³/mol. The zero-order chi connectivity index (χ0) is 49.2. The van der Waals surface area contributed by atoms with E-state index in [0.717, 1.165) is 11.4 Å². The number of methoxy groups -OCH3 is 1. The standard InChI is InChI=1S/C47H56N12O10/c1-6-58-35(21-28(3)54-58)44-50-27-33-32-23-30(42(48)62)25-37(68-15-10-14-65-5)40(32)56(45(33)52-44)12-8-9-13-57-41-34(51-47(57)53-46(64)36-22-29(4)55-59(36)7-2)24-31(43(49)63)26-38(41)69-20-19-67-18-17-66-16-11-39(60)61/h8-9,21-27H,6-7,10-20H2,1-5H3,(H2,48,62)(H2,49,63)(H,60,61)(H,51,53,64). The average molecular weight is 949 g/mol. The van der Waals surface area contributed by atoms with E-state index in [2.05, 4.69) is 15.5 Å². The van der Waals surface area contributed by atoms with E-state index in [9.17, 15) is 19.2 Å². The van der Waals surface area contributed by atoms with Gasteiger partial charge in [0.1, 0.15) is 40.7 Å². The second-order valence-corrected chi connectivity index (χ2v) is 15.8. The van der Waals surface area contributed by atoms with Crippen molar-refractivity contribution in [3.63, 3.8) is 0 Å². The number of hydrogen-bond acceptors (Lipinski definition) is 14. The molecule has 0 aliphatic carbocycles. The fraction of sp³-hybridized carbons (Fsp3) is 0.383. The van der Waals surface area contributed by atoms with Crippen LogP contribution in [-0.4, -0.2) is 126 Å². The molecular formula is C47H56N12O10. The SMILES string of the molecule is CCn1nc(C)cc1C(=O)Nc1nc2cc(C(N)=O)cc(OCCOCCOCCC(=O)O)c2n1CC=CCn1c2nc(-c3cc(C)nn3CC)ncc2c2cc(C(N)=O)cc(OCCCOC)c21. The van der Waals surface area contributed by atoms with Crippen molar-refractivity contribution in [1.29, 1.82) is 0 Å². The number of nitrogens with zero attached hydrogens (tertiary/aromatic N) is 9. The average Bonchev–Trinajstić information content (AvgIpc) is 4.09. The number of aryl methyl sites for hydroxylation is 4. The number of primary amides is 2. The number of rotatable bonds is 26. The van der Waals surface area contributed by atoms with E-state index in [-0.39, 0.29) is 75.4 Å². The number of imidazole rings is 1. The van der Waals surface area contributed by atoms with Crippen molar-refractivity contribution in [2.24, 2.45) is 11.5 Å². The molecule has 3 amide bonds. The van der Waals surface area contributed by atoms with Crippen LogP contribution in [-0.2, 0) is 45.2 Å². The molecule has 2 aromatic carbocycles. The Labute approximate surface area is 396 Å². The Morgan fingerprint density at radius 2 is 1.36 bits per heavy atom. The van der Waals surface area contributed by atoms with Crippen molar-refractivity contribution in [1.82, 2.24) is 43.6 Å². The summed E-state index contributed by atoms with van der Waals surface area (Å²) in [5.74, 6) is -1.45. The first-order valence-corrected chi connectivity index (χ1v) is 22.5. The van der Waals surface area contributed by atoms with Crippen LogP contribution in [0.1, 0.15) is 69.3 Å². The van der Waals surface area contributed by atoms with Gasteiger partial charge in [-0.25, -0.2) is 15.0 Å². The van der Waals surface area contributed by atoms with Crippen molar-refractivity contribution in [3.05, 3.63) is 83.0 Å². The van der Waals surface area contributed by atoms with E-state index in [0.29, 0.717) is 88.7 Å². The van der Waals surface area contributed by atoms with Gasteiger partial charge in [-0.1, -0.05) is 12.2 Å². The summed E-state index contributed by atoms with van der Waals surface area (Å²) in [6.07, 6.45) is 6.02. The minimum Gasteiger partial charge on any atom is -0.491 e. The highest BCUT2D eigenvalue weighted by molar-refractivity contribution is 6.12. The van der Waals surface area contributed by atoms with Crippen LogP contribution in [0.25, 0.3) is 44.5 Å². The minimum atomic E-state index is -0.955. The number of allylic oxidation sites excluding steroid dienone is 2. The van der Waals surface area contributed by atoms with Crippen molar-refractivity contribution in [2.75, 3.05) is 58.7 Å². The monoisotopic (exact) mass is 948 g/mol. The highest BCUT2D eigenvalue weighted by atomic mass is 16.5. The molecule has 5 heterocycles. The van der Waals surface area contributed by atoms with Crippen LogP contribution in [0.15, 0.2) is 54.7 Å². The first kappa shape index (κ1) is 49.2. The highest BCUT2D eigenvalue weighted by Crippen LogP contribution is 2.37. The van der Waals surface area contributed by atoms with Crippen molar-refractivity contribution in [2.45, 2.75) is 66.7 Å². The lowest BCUT2D eigenvalue weighted by Crippen LogP contribution is -2.20. The maximum absolute atomic E-state index is 13.9. The summed E-state index contributed by atoms with van der Waals surface area (Å²) in [5, 5.41) is 22.2. The molecule has 69 heavy (non-hydrogen) atoms. The Morgan fingerprint density at radius 1 is 0.725 bits per heavy atom. The van der Waals surface area contributed by atoms with Crippen LogP contribution in [0, 0.1) is 13.8 Å². The molecule has 0 atom stereocenters. The predicted octanol–water partition coefficient (Wildman–Crippen LogP) is 4.66. The summed E-state index contributed by atoms with van der Waals surface area (Å²) >= 11 is 0.